The largest absolute Gasteiger partial charge is 0.269 e. The minimum atomic E-state index is -4.04. The number of hydrogen-bond acceptors (Lipinski definition) is 4. The van der Waals surface area contributed by atoms with Gasteiger partial charge < -0.3 is 0 Å². The summed E-state index contributed by atoms with van der Waals surface area (Å²) in [7, 11) is -4.04. The molecule has 0 N–H and O–H groups in total. The molecule has 1 atom stereocenters. The van der Waals surface area contributed by atoms with E-state index in [1.54, 1.807) is 43.5 Å². The van der Waals surface area contributed by atoms with E-state index in [9.17, 15) is 8.42 Å². The van der Waals surface area contributed by atoms with Crippen LogP contribution in [0.1, 0.15) is 29.3 Å². The molecule has 8 heteroatoms. The Bertz CT molecular complexity index is 1440. The number of hydrogen-bond donors (Lipinski definition) is 0. The molecule has 0 aliphatic heterocycles. The highest BCUT2D eigenvalue weighted by atomic mass is 35.5. The molecule has 5 nitrogen and oxygen atoms in total. The van der Waals surface area contributed by atoms with Crippen LogP contribution in [0.2, 0.25) is 0 Å². The third-order valence-electron chi connectivity index (χ3n) is 5.07. The van der Waals surface area contributed by atoms with Gasteiger partial charge in [0.15, 0.2) is 5.82 Å². The first kappa shape index (κ1) is 22.3. The molecule has 0 amide bonds. The van der Waals surface area contributed by atoms with Crippen LogP contribution in [0.5, 0.6) is 0 Å². The summed E-state index contributed by atoms with van der Waals surface area (Å²) < 4.78 is 28.4. The highest BCUT2D eigenvalue weighted by Gasteiger charge is 2.31. The molecular weight excluding hydrogens is 465 g/mol. The van der Waals surface area contributed by atoms with Gasteiger partial charge in [0.1, 0.15) is 5.38 Å². The molecule has 0 fully saturated rings. The lowest BCUT2D eigenvalue weighted by Crippen LogP contribution is -2.17. The lowest BCUT2D eigenvalue weighted by atomic mass is 10.1. The van der Waals surface area contributed by atoms with Gasteiger partial charge in [0.2, 0.25) is 0 Å². The van der Waals surface area contributed by atoms with E-state index in [1.165, 1.54) is 12.1 Å². The summed E-state index contributed by atoms with van der Waals surface area (Å²) in [6, 6.07) is 19.3. The first-order valence-electron chi connectivity index (χ1n) is 9.72. The molecule has 4 aromatic rings. The van der Waals surface area contributed by atoms with Gasteiger partial charge in [-0.3, -0.25) is 4.98 Å². The standard InChI is InChI=1S/C24H19Cl2N3O2S/c1-3-20(25)19-14-22(23(26)21-13-16-9-7-8-10-17(16)15-28-21)29(24(19)27-2)32(30,31)18-11-5-4-6-12-18/h3-15,23H,2H2,1H3/b20-3+. The molecule has 2 aromatic carbocycles. The number of aromatic nitrogens is 2. The van der Waals surface area contributed by atoms with E-state index in [4.69, 9.17) is 23.2 Å². The Morgan fingerprint density at radius 3 is 2.41 bits per heavy atom. The molecule has 0 aliphatic rings. The van der Waals surface area contributed by atoms with Crippen molar-refractivity contribution >= 4 is 61.6 Å². The maximum absolute atomic E-state index is 13.6. The number of benzene rings is 2. The molecule has 0 spiro atoms. The first-order valence-corrected chi connectivity index (χ1v) is 12.0. The second kappa shape index (κ2) is 8.90. The summed E-state index contributed by atoms with van der Waals surface area (Å²) in [5.74, 6) is 0.0957. The van der Waals surface area contributed by atoms with Gasteiger partial charge in [-0.2, -0.15) is 0 Å². The quantitative estimate of drug-likeness (QED) is 0.231. The number of nitrogens with zero attached hydrogens (tertiary/aromatic N) is 3. The van der Waals surface area contributed by atoms with Crippen LogP contribution in [0.15, 0.2) is 88.9 Å². The normalized spacial score (nSPS) is 13.3. The van der Waals surface area contributed by atoms with E-state index in [0.29, 0.717) is 16.3 Å². The van der Waals surface area contributed by atoms with Crippen molar-refractivity contribution < 1.29 is 8.42 Å². The molecule has 162 valence electrons. The smallest absolute Gasteiger partial charge is 0.259 e. The SMILES string of the molecule is C=Nc1c(/C(Cl)=C\C)cc(C(Cl)c2cc3ccccc3cn2)n1S(=O)(=O)c1ccccc1. The minimum Gasteiger partial charge on any atom is -0.259 e. The summed E-state index contributed by atoms with van der Waals surface area (Å²) >= 11 is 13.2. The van der Waals surface area contributed by atoms with Crippen molar-refractivity contribution in [3.05, 3.63) is 96.0 Å². The lowest BCUT2D eigenvalue weighted by Gasteiger charge is -2.16. The summed E-state index contributed by atoms with van der Waals surface area (Å²) in [4.78, 5) is 8.58. The molecule has 32 heavy (non-hydrogen) atoms. The highest BCUT2D eigenvalue weighted by molar-refractivity contribution is 7.90. The van der Waals surface area contributed by atoms with Gasteiger partial charge in [0.05, 0.1) is 16.3 Å². The number of halogens is 2. The number of alkyl halides is 1. The Kier molecular flexibility index (Phi) is 6.20. The zero-order chi connectivity index (χ0) is 22.9. The highest BCUT2D eigenvalue weighted by Crippen LogP contribution is 2.41. The van der Waals surface area contributed by atoms with Gasteiger partial charge >= 0.3 is 0 Å². The van der Waals surface area contributed by atoms with Crippen molar-refractivity contribution in [3.8, 4) is 0 Å². The van der Waals surface area contributed by atoms with E-state index in [0.717, 1.165) is 14.7 Å². The monoisotopic (exact) mass is 483 g/mol. The van der Waals surface area contributed by atoms with Crippen molar-refractivity contribution in [1.82, 2.24) is 8.96 Å². The van der Waals surface area contributed by atoms with Crippen LogP contribution in [-0.2, 0) is 10.0 Å². The van der Waals surface area contributed by atoms with Crippen molar-refractivity contribution in [2.75, 3.05) is 0 Å². The van der Waals surface area contributed by atoms with Crippen LogP contribution in [0.3, 0.4) is 0 Å². The molecule has 0 saturated carbocycles. The van der Waals surface area contributed by atoms with E-state index in [2.05, 4.69) is 16.7 Å². The molecule has 2 heterocycles. The Morgan fingerprint density at radius 1 is 1.09 bits per heavy atom. The number of aliphatic imine (C=N–C) groups is 1. The van der Waals surface area contributed by atoms with Gasteiger partial charge in [0, 0.05) is 22.2 Å². The number of pyridine rings is 1. The van der Waals surface area contributed by atoms with Crippen molar-refractivity contribution in [2.24, 2.45) is 4.99 Å². The molecular formula is C24H19Cl2N3O2S. The predicted octanol–water partition coefficient (Wildman–Crippen LogP) is 6.53. The zero-order valence-corrected chi connectivity index (χ0v) is 19.4. The number of fused-ring (bicyclic) bond motifs is 1. The van der Waals surface area contributed by atoms with Gasteiger partial charge in [-0.15, -0.1) is 11.6 Å². The molecule has 0 aliphatic carbocycles. The Balaban J connectivity index is 1.98. The average Bonchev–Trinajstić information content (AvgIpc) is 3.24. The summed E-state index contributed by atoms with van der Waals surface area (Å²) in [6.07, 6.45) is 3.37. The lowest BCUT2D eigenvalue weighted by molar-refractivity contribution is 0.586. The van der Waals surface area contributed by atoms with Crippen molar-refractivity contribution in [2.45, 2.75) is 17.2 Å². The fourth-order valence-electron chi connectivity index (χ4n) is 3.50. The Labute approximate surface area is 196 Å². The van der Waals surface area contributed by atoms with Gasteiger partial charge in [-0.1, -0.05) is 60.1 Å². The minimum absolute atomic E-state index is 0.0957. The zero-order valence-electron chi connectivity index (χ0n) is 17.1. The van der Waals surface area contributed by atoms with E-state index in [1.807, 2.05) is 30.3 Å². The second-order valence-electron chi connectivity index (χ2n) is 7.00. The average molecular weight is 484 g/mol. The number of rotatable bonds is 6. The maximum Gasteiger partial charge on any atom is 0.269 e. The van der Waals surface area contributed by atoms with E-state index in [-0.39, 0.29) is 16.4 Å². The molecule has 4 rings (SSSR count). The molecule has 2 aromatic heterocycles. The first-order chi connectivity index (χ1) is 15.4. The predicted molar refractivity (Wildman–Crippen MR) is 132 cm³/mol. The van der Waals surface area contributed by atoms with Crippen LogP contribution in [-0.4, -0.2) is 24.1 Å². The van der Waals surface area contributed by atoms with Crippen LogP contribution >= 0.6 is 23.2 Å². The summed E-state index contributed by atoms with van der Waals surface area (Å²) in [6.45, 7) is 5.33. The summed E-state index contributed by atoms with van der Waals surface area (Å²) in [5.41, 5.74) is 1.20. The third-order valence-corrected chi connectivity index (χ3v) is 7.67. The summed E-state index contributed by atoms with van der Waals surface area (Å²) in [5, 5.41) is 1.36. The molecule has 0 saturated heterocycles. The molecule has 0 bridgehead atoms. The fourth-order valence-corrected chi connectivity index (χ4v) is 5.51. The fraction of sp³-hybridized carbons (Fsp3) is 0.0833. The van der Waals surface area contributed by atoms with Crippen LogP contribution in [0, 0.1) is 0 Å². The van der Waals surface area contributed by atoms with Gasteiger partial charge in [-0.25, -0.2) is 17.4 Å². The second-order valence-corrected chi connectivity index (χ2v) is 9.63. The Morgan fingerprint density at radius 2 is 1.75 bits per heavy atom. The van der Waals surface area contributed by atoms with Crippen LogP contribution in [0.4, 0.5) is 5.82 Å². The molecule has 1 unspecified atom stereocenters. The topological polar surface area (TPSA) is 64.3 Å². The Hall–Kier alpha value is -2.93. The number of allylic oxidation sites excluding steroid dienone is 1. The van der Waals surface area contributed by atoms with Crippen molar-refractivity contribution in [3.63, 3.8) is 0 Å². The van der Waals surface area contributed by atoms with Crippen molar-refractivity contribution in [1.29, 1.82) is 0 Å². The van der Waals surface area contributed by atoms with E-state index >= 15 is 0 Å². The van der Waals surface area contributed by atoms with Gasteiger partial charge in [-0.05, 0) is 43.3 Å². The van der Waals surface area contributed by atoms with Gasteiger partial charge in [0.25, 0.3) is 10.0 Å². The van der Waals surface area contributed by atoms with E-state index < -0.39 is 15.4 Å². The third kappa shape index (κ3) is 3.86. The maximum atomic E-state index is 13.6. The van der Waals surface area contributed by atoms with Crippen LogP contribution < -0.4 is 0 Å². The van der Waals surface area contributed by atoms with Crippen LogP contribution in [0.25, 0.3) is 15.8 Å². The molecule has 0 radical (unpaired) electrons.